The van der Waals surface area contributed by atoms with Crippen LogP contribution in [0.5, 0.6) is 5.75 Å². The van der Waals surface area contributed by atoms with E-state index in [9.17, 15) is 22.4 Å². The summed E-state index contributed by atoms with van der Waals surface area (Å²) in [6, 6.07) is 19.0. The van der Waals surface area contributed by atoms with E-state index in [0.29, 0.717) is 17.9 Å². The highest BCUT2D eigenvalue weighted by atomic mass is 32.2. The standard InChI is InChI=1S/C29H34FN3O5S/c1-4-5-19-31-29(35)22(2)32(20-23-15-17-24(38-3)18-16-23)28(34)21-33(27-14-10-9-13-26(27)30)39(36,37)25-11-7-6-8-12-25/h6-18,22H,4-5,19-21H2,1-3H3,(H,31,35). The molecule has 3 aromatic rings. The molecule has 1 N–H and O–H groups in total. The van der Waals surface area contributed by atoms with Crippen molar-refractivity contribution >= 4 is 27.5 Å². The quantitative estimate of drug-likeness (QED) is 0.316. The number of nitrogens with zero attached hydrogens (tertiary/aromatic N) is 2. The number of halogens is 1. The lowest BCUT2D eigenvalue weighted by Gasteiger charge is -2.32. The zero-order valence-electron chi connectivity index (χ0n) is 22.3. The molecule has 0 heterocycles. The fourth-order valence-electron chi connectivity index (χ4n) is 3.93. The maximum Gasteiger partial charge on any atom is 0.264 e. The molecule has 0 aliphatic heterocycles. The Morgan fingerprint density at radius 2 is 1.62 bits per heavy atom. The second kappa shape index (κ2) is 13.7. The maximum absolute atomic E-state index is 14.9. The summed E-state index contributed by atoms with van der Waals surface area (Å²) in [7, 11) is -2.78. The third kappa shape index (κ3) is 7.57. The molecule has 0 spiro atoms. The van der Waals surface area contributed by atoms with Crippen LogP contribution in [0.3, 0.4) is 0 Å². The van der Waals surface area contributed by atoms with Crippen molar-refractivity contribution in [3.8, 4) is 5.75 Å². The molecule has 208 valence electrons. The Morgan fingerprint density at radius 1 is 0.974 bits per heavy atom. The van der Waals surface area contributed by atoms with Gasteiger partial charge in [0.25, 0.3) is 10.0 Å². The van der Waals surface area contributed by atoms with Crippen LogP contribution in [-0.4, -0.2) is 51.4 Å². The van der Waals surface area contributed by atoms with Crippen molar-refractivity contribution in [2.45, 2.75) is 44.2 Å². The third-order valence-corrected chi connectivity index (χ3v) is 8.01. The van der Waals surface area contributed by atoms with Crippen LogP contribution in [0.4, 0.5) is 10.1 Å². The van der Waals surface area contributed by atoms with Crippen molar-refractivity contribution < 1.29 is 27.1 Å². The van der Waals surface area contributed by atoms with Gasteiger partial charge in [0.1, 0.15) is 24.2 Å². The van der Waals surface area contributed by atoms with E-state index in [1.807, 2.05) is 6.92 Å². The molecule has 0 saturated heterocycles. The Morgan fingerprint density at radius 3 is 2.23 bits per heavy atom. The van der Waals surface area contributed by atoms with Gasteiger partial charge in [-0.1, -0.05) is 55.8 Å². The van der Waals surface area contributed by atoms with Crippen LogP contribution in [-0.2, 0) is 26.2 Å². The molecule has 0 aliphatic rings. The SMILES string of the molecule is CCCCNC(=O)C(C)N(Cc1ccc(OC)cc1)C(=O)CN(c1ccccc1F)S(=O)(=O)c1ccccc1. The number of rotatable bonds is 13. The van der Waals surface area contributed by atoms with Crippen LogP contribution >= 0.6 is 0 Å². The van der Waals surface area contributed by atoms with Crippen LogP contribution in [0.15, 0.2) is 83.8 Å². The number of carbonyl (C=O) groups excluding carboxylic acids is 2. The third-order valence-electron chi connectivity index (χ3n) is 6.24. The number of methoxy groups -OCH3 is 1. The molecule has 0 fully saturated rings. The predicted octanol–water partition coefficient (Wildman–Crippen LogP) is 4.36. The van der Waals surface area contributed by atoms with Gasteiger partial charge in [0, 0.05) is 13.1 Å². The highest BCUT2D eigenvalue weighted by Crippen LogP contribution is 2.27. The van der Waals surface area contributed by atoms with E-state index in [1.54, 1.807) is 49.4 Å². The Balaban J connectivity index is 1.99. The second-order valence-corrected chi connectivity index (χ2v) is 10.8. The van der Waals surface area contributed by atoms with Gasteiger partial charge in [-0.2, -0.15) is 0 Å². The summed E-state index contributed by atoms with van der Waals surface area (Å²) in [5, 5.41) is 2.83. The van der Waals surface area contributed by atoms with Gasteiger partial charge in [-0.3, -0.25) is 13.9 Å². The molecule has 0 bridgehead atoms. The van der Waals surface area contributed by atoms with E-state index >= 15 is 0 Å². The van der Waals surface area contributed by atoms with Gasteiger partial charge in [-0.25, -0.2) is 12.8 Å². The van der Waals surface area contributed by atoms with Crippen LogP contribution in [0.1, 0.15) is 32.3 Å². The Kier molecular flexibility index (Phi) is 10.4. The molecule has 39 heavy (non-hydrogen) atoms. The molecule has 8 nitrogen and oxygen atoms in total. The van der Waals surface area contributed by atoms with Gasteiger partial charge in [-0.05, 0) is 55.3 Å². The average Bonchev–Trinajstić information content (AvgIpc) is 2.95. The molecule has 0 aromatic heterocycles. The highest BCUT2D eigenvalue weighted by Gasteiger charge is 2.33. The summed E-state index contributed by atoms with van der Waals surface area (Å²) in [5.74, 6) is -1.20. The molecule has 10 heteroatoms. The largest absolute Gasteiger partial charge is 0.497 e. The Labute approximate surface area is 229 Å². The first-order chi connectivity index (χ1) is 18.7. The van der Waals surface area contributed by atoms with Gasteiger partial charge in [0.2, 0.25) is 11.8 Å². The van der Waals surface area contributed by atoms with Gasteiger partial charge in [-0.15, -0.1) is 0 Å². The number of unbranched alkanes of at least 4 members (excludes halogenated alkanes) is 1. The van der Waals surface area contributed by atoms with Crippen LogP contribution in [0.25, 0.3) is 0 Å². The summed E-state index contributed by atoms with van der Waals surface area (Å²) >= 11 is 0. The average molecular weight is 556 g/mol. The van der Waals surface area contributed by atoms with E-state index in [-0.39, 0.29) is 23.0 Å². The zero-order chi connectivity index (χ0) is 28.4. The fraction of sp³-hybridized carbons (Fsp3) is 0.310. The maximum atomic E-state index is 14.9. The van der Waals surface area contributed by atoms with Crippen molar-refractivity contribution in [1.29, 1.82) is 0 Å². The topological polar surface area (TPSA) is 96.0 Å². The summed E-state index contributed by atoms with van der Waals surface area (Å²) in [4.78, 5) is 28.0. The number of anilines is 1. The first-order valence-corrected chi connectivity index (χ1v) is 14.2. The number of para-hydroxylation sites is 1. The lowest BCUT2D eigenvalue weighted by molar-refractivity contribution is -0.139. The second-order valence-electron chi connectivity index (χ2n) is 8.97. The van der Waals surface area contributed by atoms with E-state index in [4.69, 9.17) is 4.74 Å². The number of hydrogen-bond donors (Lipinski definition) is 1. The summed E-state index contributed by atoms with van der Waals surface area (Å²) in [6.07, 6.45) is 1.67. The van der Waals surface area contributed by atoms with Gasteiger partial charge < -0.3 is 15.0 Å². The predicted molar refractivity (Wildman–Crippen MR) is 148 cm³/mol. The normalized spacial score (nSPS) is 11.9. The van der Waals surface area contributed by atoms with Crippen LogP contribution in [0, 0.1) is 5.82 Å². The van der Waals surface area contributed by atoms with E-state index in [1.165, 1.54) is 42.3 Å². The van der Waals surface area contributed by atoms with Crippen molar-refractivity contribution in [2.24, 2.45) is 0 Å². The minimum absolute atomic E-state index is 0.0295. The Hall–Kier alpha value is -3.92. The van der Waals surface area contributed by atoms with Gasteiger partial charge >= 0.3 is 0 Å². The number of carbonyl (C=O) groups is 2. The van der Waals surface area contributed by atoms with E-state index in [2.05, 4.69) is 5.32 Å². The summed E-state index contributed by atoms with van der Waals surface area (Å²) in [5.41, 5.74) is 0.444. The van der Waals surface area contributed by atoms with Gasteiger partial charge in [0.05, 0.1) is 17.7 Å². The smallest absolute Gasteiger partial charge is 0.264 e. The van der Waals surface area contributed by atoms with Crippen LogP contribution < -0.4 is 14.4 Å². The molecule has 1 unspecified atom stereocenters. The number of nitrogens with one attached hydrogen (secondary N) is 1. The Bertz CT molecular complexity index is 1350. The van der Waals surface area contributed by atoms with E-state index < -0.39 is 34.3 Å². The minimum atomic E-state index is -4.32. The number of ether oxygens (including phenoxy) is 1. The molecular weight excluding hydrogens is 521 g/mol. The lowest BCUT2D eigenvalue weighted by Crippen LogP contribution is -2.51. The molecule has 2 amide bonds. The highest BCUT2D eigenvalue weighted by molar-refractivity contribution is 7.92. The summed E-state index contributed by atoms with van der Waals surface area (Å²) < 4.78 is 48.2. The minimum Gasteiger partial charge on any atom is -0.497 e. The zero-order valence-corrected chi connectivity index (χ0v) is 23.2. The van der Waals surface area contributed by atoms with E-state index in [0.717, 1.165) is 23.2 Å². The molecule has 3 rings (SSSR count). The first kappa shape index (κ1) is 29.6. The number of hydrogen-bond acceptors (Lipinski definition) is 5. The van der Waals surface area contributed by atoms with Crippen molar-refractivity contribution in [1.82, 2.24) is 10.2 Å². The molecule has 0 radical (unpaired) electrons. The number of amides is 2. The molecule has 0 saturated carbocycles. The van der Waals surface area contributed by atoms with Crippen molar-refractivity contribution in [3.63, 3.8) is 0 Å². The number of sulfonamides is 1. The monoisotopic (exact) mass is 555 g/mol. The number of benzene rings is 3. The molecule has 3 aromatic carbocycles. The fourth-order valence-corrected chi connectivity index (χ4v) is 5.38. The summed E-state index contributed by atoms with van der Waals surface area (Å²) in [6.45, 7) is 3.36. The van der Waals surface area contributed by atoms with Gasteiger partial charge in [0.15, 0.2) is 0 Å². The van der Waals surface area contributed by atoms with Crippen molar-refractivity contribution in [2.75, 3.05) is 24.5 Å². The first-order valence-electron chi connectivity index (χ1n) is 12.7. The van der Waals surface area contributed by atoms with Crippen LogP contribution in [0.2, 0.25) is 0 Å². The van der Waals surface area contributed by atoms with Crippen molar-refractivity contribution in [3.05, 3.63) is 90.2 Å². The molecule has 0 aliphatic carbocycles. The molecule has 1 atom stereocenters. The lowest BCUT2D eigenvalue weighted by atomic mass is 10.1. The molecular formula is C29H34FN3O5S.